The number of nitrogens with one attached hydrogen (secondary N) is 1. The first-order valence-corrected chi connectivity index (χ1v) is 6.27. The van der Waals surface area contributed by atoms with Crippen molar-refractivity contribution in [3.63, 3.8) is 0 Å². The number of rotatable bonds is 2. The lowest BCUT2D eigenvalue weighted by molar-refractivity contribution is -0.0806. The summed E-state index contributed by atoms with van der Waals surface area (Å²) in [4.78, 5) is 14.1. The van der Waals surface area contributed by atoms with E-state index >= 15 is 0 Å². The molecule has 0 aromatic rings. The molecule has 1 atom stereocenters. The molecule has 2 saturated heterocycles. The molecule has 2 aliphatic rings. The Hall–Kier alpha value is -0.810. The molecule has 5 nitrogen and oxygen atoms in total. The Bertz CT molecular complexity index is 278. The second kappa shape index (κ2) is 4.82. The first-order valence-electron chi connectivity index (χ1n) is 6.27. The van der Waals surface area contributed by atoms with Gasteiger partial charge in [0.05, 0.1) is 19.3 Å². The van der Waals surface area contributed by atoms with E-state index in [2.05, 4.69) is 5.32 Å². The van der Waals surface area contributed by atoms with Gasteiger partial charge in [-0.2, -0.15) is 0 Å². The lowest BCUT2D eigenvalue weighted by Gasteiger charge is -2.41. The molecule has 2 fully saturated rings. The van der Waals surface area contributed by atoms with Crippen LogP contribution in [-0.2, 0) is 9.47 Å². The van der Waals surface area contributed by atoms with Gasteiger partial charge in [0.1, 0.15) is 5.60 Å². The molecular weight excluding hydrogens is 220 g/mol. The number of carbonyl (C=O) groups excluding carboxylic acids is 1. The van der Waals surface area contributed by atoms with E-state index in [-0.39, 0.29) is 18.2 Å². The maximum atomic E-state index is 12.2. The van der Waals surface area contributed by atoms with Crippen molar-refractivity contribution >= 4 is 6.09 Å². The highest BCUT2D eigenvalue weighted by Crippen LogP contribution is 2.21. The Morgan fingerprint density at radius 1 is 1.35 bits per heavy atom. The lowest BCUT2D eigenvalue weighted by Crippen LogP contribution is -2.57. The van der Waals surface area contributed by atoms with Gasteiger partial charge in [-0.05, 0) is 33.7 Å². The molecule has 0 aliphatic carbocycles. The van der Waals surface area contributed by atoms with Crippen molar-refractivity contribution < 1.29 is 14.3 Å². The second-order valence-electron chi connectivity index (χ2n) is 5.73. The standard InChI is InChI=1S/C12H22N2O3/c1-12(2,3)17-11(15)14(10-7-16-8-10)9-4-5-13-6-9/h9-10,13H,4-8H2,1-3H3/t9-/m0/s1. The van der Waals surface area contributed by atoms with Crippen LogP contribution < -0.4 is 5.32 Å². The number of hydrogen-bond donors (Lipinski definition) is 1. The first kappa shape index (κ1) is 12.6. The van der Waals surface area contributed by atoms with Crippen LogP contribution in [0.4, 0.5) is 4.79 Å². The summed E-state index contributed by atoms with van der Waals surface area (Å²) in [6.45, 7) is 8.78. The number of amides is 1. The zero-order valence-electron chi connectivity index (χ0n) is 10.9. The Morgan fingerprint density at radius 3 is 2.47 bits per heavy atom. The van der Waals surface area contributed by atoms with Crippen LogP contribution in [0, 0.1) is 0 Å². The monoisotopic (exact) mass is 242 g/mol. The van der Waals surface area contributed by atoms with E-state index in [1.54, 1.807) is 0 Å². The van der Waals surface area contributed by atoms with Crippen molar-refractivity contribution in [3.8, 4) is 0 Å². The van der Waals surface area contributed by atoms with E-state index < -0.39 is 5.60 Å². The third-order valence-corrected chi connectivity index (χ3v) is 3.05. The van der Waals surface area contributed by atoms with Gasteiger partial charge in [-0.15, -0.1) is 0 Å². The average molecular weight is 242 g/mol. The molecule has 0 spiro atoms. The highest BCUT2D eigenvalue weighted by atomic mass is 16.6. The summed E-state index contributed by atoms with van der Waals surface area (Å²) in [5.41, 5.74) is -0.439. The van der Waals surface area contributed by atoms with Crippen LogP contribution in [-0.4, -0.2) is 55.0 Å². The predicted molar refractivity (Wildman–Crippen MR) is 64.0 cm³/mol. The molecule has 0 saturated carbocycles. The molecule has 2 rings (SSSR count). The lowest BCUT2D eigenvalue weighted by atomic mass is 10.1. The van der Waals surface area contributed by atoms with Crippen LogP contribution in [0.1, 0.15) is 27.2 Å². The Balaban J connectivity index is 2.01. The topological polar surface area (TPSA) is 50.8 Å². The zero-order chi connectivity index (χ0) is 12.5. The normalized spacial score (nSPS) is 25.5. The smallest absolute Gasteiger partial charge is 0.410 e. The number of hydrogen-bond acceptors (Lipinski definition) is 4. The summed E-state index contributed by atoms with van der Waals surface area (Å²) in [5, 5.41) is 3.28. The van der Waals surface area contributed by atoms with Crippen LogP contribution in [0.2, 0.25) is 0 Å². The van der Waals surface area contributed by atoms with E-state index in [0.717, 1.165) is 19.5 Å². The maximum Gasteiger partial charge on any atom is 0.410 e. The van der Waals surface area contributed by atoms with Gasteiger partial charge in [-0.1, -0.05) is 0 Å². The molecule has 1 amide bonds. The van der Waals surface area contributed by atoms with Gasteiger partial charge >= 0.3 is 6.09 Å². The Labute approximate surface area is 102 Å². The third kappa shape index (κ3) is 3.10. The van der Waals surface area contributed by atoms with Crippen LogP contribution in [0.5, 0.6) is 0 Å². The molecule has 98 valence electrons. The van der Waals surface area contributed by atoms with Gasteiger partial charge < -0.3 is 14.8 Å². The van der Waals surface area contributed by atoms with Crippen molar-refractivity contribution in [2.75, 3.05) is 26.3 Å². The molecule has 5 heteroatoms. The van der Waals surface area contributed by atoms with E-state index in [0.29, 0.717) is 13.2 Å². The second-order valence-corrected chi connectivity index (χ2v) is 5.73. The molecule has 2 heterocycles. The summed E-state index contributed by atoms with van der Waals surface area (Å²) in [5.74, 6) is 0. The van der Waals surface area contributed by atoms with Crippen molar-refractivity contribution in [2.45, 2.75) is 44.9 Å². The van der Waals surface area contributed by atoms with Crippen molar-refractivity contribution in [1.29, 1.82) is 0 Å². The van der Waals surface area contributed by atoms with Gasteiger partial charge in [0.15, 0.2) is 0 Å². The summed E-state index contributed by atoms with van der Waals surface area (Å²) >= 11 is 0. The van der Waals surface area contributed by atoms with Crippen LogP contribution in [0.3, 0.4) is 0 Å². The number of nitrogens with zero attached hydrogens (tertiary/aromatic N) is 1. The fourth-order valence-electron chi connectivity index (χ4n) is 2.17. The van der Waals surface area contributed by atoms with Crippen molar-refractivity contribution in [3.05, 3.63) is 0 Å². The fraction of sp³-hybridized carbons (Fsp3) is 0.917. The first-order chi connectivity index (χ1) is 7.97. The number of ether oxygens (including phenoxy) is 2. The molecule has 17 heavy (non-hydrogen) atoms. The van der Waals surface area contributed by atoms with E-state index in [1.165, 1.54) is 0 Å². The summed E-state index contributed by atoms with van der Waals surface area (Å²) in [7, 11) is 0. The molecule has 0 aromatic heterocycles. The highest BCUT2D eigenvalue weighted by molar-refractivity contribution is 5.69. The predicted octanol–water partition coefficient (Wildman–Crippen LogP) is 0.984. The SMILES string of the molecule is CC(C)(C)OC(=O)N(C1COC1)[C@H]1CCNC1. The zero-order valence-corrected chi connectivity index (χ0v) is 10.9. The van der Waals surface area contributed by atoms with Gasteiger partial charge in [0.2, 0.25) is 0 Å². The van der Waals surface area contributed by atoms with Gasteiger partial charge in [0, 0.05) is 12.6 Å². The molecule has 0 bridgehead atoms. The van der Waals surface area contributed by atoms with Crippen LogP contribution in [0.25, 0.3) is 0 Å². The highest BCUT2D eigenvalue weighted by Gasteiger charge is 2.38. The summed E-state index contributed by atoms with van der Waals surface area (Å²) in [6, 6.07) is 0.438. The number of carbonyl (C=O) groups is 1. The quantitative estimate of drug-likeness (QED) is 0.784. The molecule has 0 unspecified atom stereocenters. The van der Waals surface area contributed by atoms with E-state index in [1.807, 2.05) is 25.7 Å². The van der Waals surface area contributed by atoms with Gasteiger partial charge in [-0.25, -0.2) is 4.79 Å². The largest absolute Gasteiger partial charge is 0.444 e. The maximum absolute atomic E-state index is 12.2. The van der Waals surface area contributed by atoms with Crippen LogP contribution in [0.15, 0.2) is 0 Å². The van der Waals surface area contributed by atoms with Crippen LogP contribution >= 0.6 is 0 Å². The molecule has 0 aromatic carbocycles. The molecular formula is C12H22N2O3. The molecule has 1 N–H and O–H groups in total. The van der Waals surface area contributed by atoms with Crippen molar-refractivity contribution in [1.82, 2.24) is 10.2 Å². The molecule has 2 aliphatic heterocycles. The molecule has 0 radical (unpaired) electrons. The fourth-order valence-corrected chi connectivity index (χ4v) is 2.17. The Morgan fingerprint density at radius 2 is 2.06 bits per heavy atom. The van der Waals surface area contributed by atoms with Gasteiger partial charge in [-0.3, -0.25) is 4.90 Å². The average Bonchev–Trinajstić information content (AvgIpc) is 2.59. The van der Waals surface area contributed by atoms with Gasteiger partial charge in [0.25, 0.3) is 0 Å². The summed E-state index contributed by atoms with van der Waals surface area (Å²) in [6.07, 6.45) is 0.787. The van der Waals surface area contributed by atoms with Crippen molar-refractivity contribution in [2.24, 2.45) is 0 Å². The Kier molecular flexibility index (Phi) is 3.58. The summed E-state index contributed by atoms with van der Waals surface area (Å²) < 4.78 is 10.7. The third-order valence-electron chi connectivity index (χ3n) is 3.05. The van der Waals surface area contributed by atoms with E-state index in [4.69, 9.17) is 9.47 Å². The minimum atomic E-state index is -0.439. The van der Waals surface area contributed by atoms with E-state index in [9.17, 15) is 4.79 Å². The minimum absolute atomic E-state index is 0.190. The minimum Gasteiger partial charge on any atom is -0.444 e.